The number of carbonyl (C=O) groups excluding carboxylic acids is 3. The van der Waals surface area contributed by atoms with Crippen LogP contribution in [0.25, 0.3) is 0 Å². The van der Waals surface area contributed by atoms with Gasteiger partial charge in [0.25, 0.3) is 0 Å². The highest BCUT2D eigenvalue weighted by Gasteiger charge is 2.75. The molecule has 0 radical (unpaired) electrons. The molecule has 0 aromatic carbocycles. The van der Waals surface area contributed by atoms with Gasteiger partial charge in [0.15, 0.2) is 0 Å². The molecule has 4 aliphatic heterocycles. The number of unbranched alkanes of at least 4 members (excludes halogenated alkanes) is 1. The molecule has 1 unspecified atom stereocenters. The van der Waals surface area contributed by atoms with Crippen LogP contribution in [0.1, 0.15) is 52.4 Å². The van der Waals surface area contributed by atoms with E-state index in [1.807, 2.05) is 31.2 Å². The Bertz CT molecular complexity index is 841. The molecule has 0 aliphatic carbocycles. The molecule has 182 valence electrons. The molecular formula is C25H36N2O6. The molecule has 33 heavy (non-hydrogen) atoms. The van der Waals surface area contributed by atoms with Gasteiger partial charge in [-0.2, -0.15) is 0 Å². The van der Waals surface area contributed by atoms with E-state index in [9.17, 15) is 19.5 Å². The van der Waals surface area contributed by atoms with E-state index in [4.69, 9.17) is 9.47 Å². The molecule has 2 fully saturated rings. The van der Waals surface area contributed by atoms with Gasteiger partial charge in [0, 0.05) is 26.2 Å². The summed E-state index contributed by atoms with van der Waals surface area (Å²) in [6.45, 7) is 5.50. The summed E-state index contributed by atoms with van der Waals surface area (Å²) in [5, 5.41) is 9.45. The number of ether oxygens (including phenoxy) is 2. The average molecular weight is 461 g/mol. The van der Waals surface area contributed by atoms with Crippen molar-refractivity contribution in [2.24, 2.45) is 11.8 Å². The highest BCUT2D eigenvalue weighted by Crippen LogP contribution is 2.58. The number of esters is 1. The van der Waals surface area contributed by atoms with Crippen molar-refractivity contribution in [1.82, 2.24) is 9.80 Å². The number of carbonyl (C=O) groups is 3. The van der Waals surface area contributed by atoms with E-state index in [0.29, 0.717) is 39.0 Å². The molecule has 5 atom stereocenters. The Kier molecular flexibility index (Phi) is 6.96. The number of allylic oxidation sites excluding steroid dienone is 1. The van der Waals surface area contributed by atoms with Crippen LogP contribution in [-0.2, 0) is 23.9 Å². The summed E-state index contributed by atoms with van der Waals surface area (Å²) in [4.78, 5) is 44.5. The molecule has 8 heteroatoms. The minimum Gasteiger partial charge on any atom is -0.465 e. The second kappa shape index (κ2) is 9.58. The van der Waals surface area contributed by atoms with Crippen molar-refractivity contribution >= 4 is 17.8 Å². The van der Waals surface area contributed by atoms with Crippen molar-refractivity contribution in [3.63, 3.8) is 0 Å². The average Bonchev–Trinajstić information content (AvgIpc) is 3.18. The first-order valence-electron chi connectivity index (χ1n) is 12.4. The summed E-state index contributed by atoms with van der Waals surface area (Å²) in [6, 6.07) is -0.864. The summed E-state index contributed by atoms with van der Waals surface area (Å²) in [5.74, 6) is -2.53. The van der Waals surface area contributed by atoms with E-state index in [1.54, 1.807) is 9.80 Å². The van der Waals surface area contributed by atoms with Gasteiger partial charge in [-0.05, 0) is 32.1 Å². The SMILES string of the molecule is CCCCN1CC=C[C@]23O[C@@]4(CC)/C=C\CCCOC(=O)[C@H]4[C@H]2C(=O)N(CCCO)C3C1=O. The number of hydrogen-bond donors (Lipinski definition) is 1. The van der Waals surface area contributed by atoms with Gasteiger partial charge in [-0.25, -0.2) is 0 Å². The molecule has 8 nitrogen and oxygen atoms in total. The molecule has 4 aliphatic rings. The molecular weight excluding hydrogens is 424 g/mol. The van der Waals surface area contributed by atoms with Crippen molar-refractivity contribution in [3.05, 3.63) is 24.3 Å². The van der Waals surface area contributed by atoms with E-state index in [1.165, 1.54) is 0 Å². The summed E-state index contributed by atoms with van der Waals surface area (Å²) >= 11 is 0. The highest BCUT2D eigenvalue weighted by molar-refractivity contribution is 5.99. The molecule has 2 amide bonds. The first-order valence-corrected chi connectivity index (χ1v) is 12.4. The number of aliphatic hydroxyl groups excluding tert-OH is 1. The number of nitrogens with zero attached hydrogens (tertiary/aromatic N) is 2. The fourth-order valence-electron chi connectivity index (χ4n) is 5.95. The van der Waals surface area contributed by atoms with E-state index in [0.717, 1.165) is 19.3 Å². The largest absolute Gasteiger partial charge is 0.465 e. The predicted molar refractivity (Wildman–Crippen MR) is 121 cm³/mol. The Morgan fingerprint density at radius 2 is 1.88 bits per heavy atom. The third-order valence-corrected chi connectivity index (χ3v) is 7.56. The van der Waals surface area contributed by atoms with Gasteiger partial charge in [0.2, 0.25) is 11.8 Å². The molecule has 1 spiro atoms. The molecule has 0 bridgehead atoms. The Morgan fingerprint density at radius 3 is 2.61 bits per heavy atom. The van der Waals surface area contributed by atoms with Crippen LogP contribution < -0.4 is 0 Å². The van der Waals surface area contributed by atoms with Gasteiger partial charge < -0.3 is 24.4 Å². The third kappa shape index (κ3) is 3.81. The number of hydrogen-bond acceptors (Lipinski definition) is 6. The number of fused-ring (bicyclic) bond motifs is 2. The predicted octanol–water partition coefficient (Wildman–Crippen LogP) is 1.82. The summed E-state index contributed by atoms with van der Waals surface area (Å²) < 4.78 is 12.4. The van der Waals surface area contributed by atoms with Crippen LogP contribution in [0.3, 0.4) is 0 Å². The lowest BCUT2D eigenvalue weighted by Gasteiger charge is -2.38. The maximum absolute atomic E-state index is 13.9. The quantitative estimate of drug-likeness (QED) is 0.460. The molecule has 4 heterocycles. The minimum atomic E-state index is -1.24. The normalized spacial score (nSPS) is 36.9. The minimum absolute atomic E-state index is 0.0916. The fourth-order valence-corrected chi connectivity index (χ4v) is 5.95. The van der Waals surface area contributed by atoms with Gasteiger partial charge >= 0.3 is 5.97 Å². The van der Waals surface area contributed by atoms with Crippen LogP contribution >= 0.6 is 0 Å². The van der Waals surface area contributed by atoms with Crippen molar-refractivity contribution in [2.75, 3.05) is 32.8 Å². The zero-order valence-electron chi connectivity index (χ0n) is 19.7. The number of aliphatic hydroxyl groups is 1. The summed E-state index contributed by atoms with van der Waals surface area (Å²) in [7, 11) is 0. The van der Waals surface area contributed by atoms with Crippen LogP contribution in [0.4, 0.5) is 0 Å². The van der Waals surface area contributed by atoms with Gasteiger partial charge in [0.1, 0.15) is 23.2 Å². The van der Waals surface area contributed by atoms with Crippen molar-refractivity contribution in [3.8, 4) is 0 Å². The zero-order chi connectivity index (χ0) is 23.6. The Balaban J connectivity index is 1.84. The standard InChI is InChI=1S/C25H36N2O6/c1-3-5-13-26-14-9-12-25-18(21(29)27(15-10-16-28)20(25)22(26)30)19-23(31)32-17-8-6-7-11-24(19,4-2)33-25/h7,9,11-12,18-20,28H,3-6,8,10,13-17H2,1-2H3/b11-7-/t18-,19+,20?,24-,25-/m0/s1. The van der Waals surface area contributed by atoms with Crippen LogP contribution in [0.2, 0.25) is 0 Å². The smallest absolute Gasteiger partial charge is 0.313 e. The molecule has 0 saturated carbocycles. The van der Waals surface area contributed by atoms with E-state index >= 15 is 0 Å². The van der Waals surface area contributed by atoms with Gasteiger partial charge in [0.05, 0.1) is 12.5 Å². The fraction of sp³-hybridized carbons (Fsp3) is 0.720. The second-order valence-electron chi connectivity index (χ2n) is 9.48. The monoisotopic (exact) mass is 460 g/mol. The Morgan fingerprint density at radius 1 is 1.06 bits per heavy atom. The molecule has 0 aromatic heterocycles. The summed E-state index contributed by atoms with van der Waals surface area (Å²) in [6.07, 6.45) is 11.8. The van der Waals surface area contributed by atoms with Crippen LogP contribution in [-0.4, -0.2) is 82.8 Å². The highest BCUT2D eigenvalue weighted by atomic mass is 16.6. The number of likely N-dealkylation sites (tertiary alicyclic amines) is 1. The Labute approximate surface area is 195 Å². The summed E-state index contributed by atoms with van der Waals surface area (Å²) in [5.41, 5.74) is -2.25. The van der Waals surface area contributed by atoms with Gasteiger partial charge in [-0.15, -0.1) is 0 Å². The first kappa shape index (κ1) is 24.0. The van der Waals surface area contributed by atoms with Crippen molar-refractivity contribution in [2.45, 2.75) is 69.6 Å². The second-order valence-corrected chi connectivity index (χ2v) is 9.48. The van der Waals surface area contributed by atoms with Crippen molar-refractivity contribution < 1.29 is 29.0 Å². The maximum atomic E-state index is 13.9. The Hall–Kier alpha value is -2.19. The molecule has 4 rings (SSSR count). The first-order chi connectivity index (χ1) is 16.0. The molecule has 0 aromatic rings. The number of cyclic esters (lactones) is 1. The van der Waals surface area contributed by atoms with E-state index in [2.05, 4.69) is 6.92 Å². The third-order valence-electron chi connectivity index (χ3n) is 7.56. The molecule has 1 N–H and O–H groups in total. The van der Waals surface area contributed by atoms with Crippen molar-refractivity contribution in [1.29, 1.82) is 0 Å². The van der Waals surface area contributed by atoms with Crippen LogP contribution in [0.15, 0.2) is 24.3 Å². The van der Waals surface area contributed by atoms with E-state index in [-0.39, 0.29) is 25.0 Å². The lowest BCUT2D eigenvalue weighted by molar-refractivity contribution is -0.161. The van der Waals surface area contributed by atoms with E-state index < -0.39 is 35.0 Å². The lowest BCUT2D eigenvalue weighted by atomic mass is 9.73. The topological polar surface area (TPSA) is 96.4 Å². The number of amides is 2. The lowest BCUT2D eigenvalue weighted by Crippen LogP contribution is -2.56. The van der Waals surface area contributed by atoms with Gasteiger partial charge in [-0.1, -0.05) is 44.6 Å². The maximum Gasteiger partial charge on any atom is 0.313 e. The van der Waals surface area contributed by atoms with Gasteiger partial charge in [-0.3, -0.25) is 14.4 Å². The zero-order valence-corrected chi connectivity index (χ0v) is 19.7. The number of rotatable bonds is 7. The molecule has 2 saturated heterocycles. The van der Waals surface area contributed by atoms with Crippen LogP contribution in [0.5, 0.6) is 0 Å². The van der Waals surface area contributed by atoms with Crippen LogP contribution in [0, 0.1) is 11.8 Å².